The maximum atomic E-state index is 12.1. The number of hydrogen-bond acceptors (Lipinski definition) is 4. The van der Waals surface area contributed by atoms with Crippen molar-refractivity contribution in [1.29, 1.82) is 0 Å². The quantitative estimate of drug-likeness (QED) is 0.522. The molecule has 0 fully saturated rings. The molecule has 0 amide bonds. The van der Waals surface area contributed by atoms with Crippen molar-refractivity contribution in [2.24, 2.45) is 0 Å². The molecule has 102 valence electrons. The Labute approximate surface area is 113 Å². The van der Waals surface area contributed by atoms with E-state index < -0.39 is 11.2 Å². The van der Waals surface area contributed by atoms with Gasteiger partial charge in [-0.05, 0) is 31.0 Å². The highest BCUT2D eigenvalue weighted by Crippen LogP contribution is 2.17. The summed E-state index contributed by atoms with van der Waals surface area (Å²) in [5.41, 5.74) is 0.865. The minimum Gasteiger partial charge on any atom is -0.316 e. The van der Waals surface area contributed by atoms with E-state index in [1.54, 1.807) is 10.8 Å². The Morgan fingerprint density at radius 3 is 2.85 bits per heavy atom. The summed E-state index contributed by atoms with van der Waals surface area (Å²) in [6.07, 6.45) is 1.68. The summed E-state index contributed by atoms with van der Waals surface area (Å²) >= 11 is 0. The predicted octanol–water partition coefficient (Wildman–Crippen LogP) is -0.0881. The molecule has 1 aromatic rings. The van der Waals surface area contributed by atoms with Gasteiger partial charge in [0.2, 0.25) is 5.69 Å². The molecule has 3 heterocycles. The maximum Gasteiger partial charge on any atom is 0.350 e. The van der Waals surface area contributed by atoms with Crippen molar-refractivity contribution < 1.29 is 4.57 Å². The van der Waals surface area contributed by atoms with Crippen molar-refractivity contribution in [2.75, 3.05) is 0 Å². The summed E-state index contributed by atoms with van der Waals surface area (Å²) in [4.78, 5) is 34.2. The molecule has 20 heavy (non-hydrogen) atoms. The smallest absolute Gasteiger partial charge is 0.316 e. The summed E-state index contributed by atoms with van der Waals surface area (Å²) < 4.78 is 3.61. The number of H-pyrrole nitrogens is 1. The van der Waals surface area contributed by atoms with E-state index in [1.165, 1.54) is 0 Å². The lowest BCUT2D eigenvalue weighted by molar-refractivity contribution is -0.660. The third kappa shape index (κ3) is 1.63. The molecule has 0 spiro atoms. The van der Waals surface area contributed by atoms with Crippen molar-refractivity contribution in [3.05, 3.63) is 39.2 Å². The zero-order valence-corrected chi connectivity index (χ0v) is 11.3. The number of aromatic amines is 1. The van der Waals surface area contributed by atoms with Gasteiger partial charge in [-0.25, -0.2) is 9.36 Å². The number of hydrogen-bond donors (Lipinski definition) is 1. The molecule has 0 unspecified atom stereocenters. The fraction of sp³-hybridized carbons (Fsp3) is 0.308. The van der Waals surface area contributed by atoms with Crippen LogP contribution in [0, 0.1) is 0 Å². The Morgan fingerprint density at radius 2 is 2.15 bits per heavy atom. The summed E-state index contributed by atoms with van der Waals surface area (Å²) in [6.45, 7) is 5.03. The zero-order chi connectivity index (χ0) is 14.3. The Bertz CT molecular complexity index is 880. The molecule has 0 saturated heterocycles. The van der Waals surface area contributed by atoms with E-state index in [0.29, 0.717) is 30.3 Å². The zero-order valence-electron chi connectivity index (χ0n) is 11.3. The van der Waals surface area contributed by atoms with Gasteiger partial charge in [-0.1, -0.05) is 0 Å². The second-order valence-electron chi connectivity index (χ2n) is 4.38. The first kappa shape index (κ1) is 12.5. The molecule has 0 saturated carbocycles. The normalized spacial score (nSPS) is 11.3. The first-order valence-corrected chi connectivity index (χ1v) is 6.48. The van der Waals surface area contributed by atoms with E-state index in [-0.39, 0.29) is 0 Å². The minimum atomic E-state index is -0.629. The fourth-order valence-corrected chi connectivity index (χ4v) is 2.52. The topological polar surface area (TPSA) is 84.5 Å². The molecule has 2 aliphatic rings. The molecule has 1 aromatic heterocycles. The monoisotopic (exact) mass is 272 g/mol. The van der Waals surface area contributed by atoms with Gasteiger partial charge in [0.05, 0.1) is 6.54 Å². The summed E-state index contributed by atoms with van der Waals surface area (Å²) in [7, 11) is 0. The average molecular weight is 272 g/mol. The maximum absolute atomic E-state index is 12.1. The summed E-state index contributed by atoms with van der Waals surface area (Å²) in [6, 6.07) is 3.73. The van der Waals surface area contributed by atoms with Crippen LogP contribution in [0.25, 0.3) is 22.7 Å². The molecule has 2 aliphatic heterocycles. The Morgan fingerprint density at radius 1 is 1.35 bits per heavy atom. The van der Waals surface area contributed by atoms with Crippen LogP contribution in [0.4, 0.5) is 0 Å². The number of nitrogens with zero attached hydrogens (tertiary/aromatic N) is 4. The van der Waals surface area contributed by atoms with E-state index >= 15 is 0 Å². The average Bonchev–Trinajstić information content (AvgIpc) is 2.44. The molecular formula is C13H14N5O2+. The standard InChI is InChI=1S/C13H13N5O2/c1-3-17-8-6-5-7-14-10(8)18(4-2)9-11(17)15-13(20)16-12(9)19/h5-7H,3-4H2,1-2H3/p+1. The molecule has 0 bridgehead atoms. The highest BCUT2D eigenvalue weighted by molar-refractivity contribution is 5.71. The van der Waals surface area contributed by atoms with E-state index in [0.717, 1.165) is 5.52 Å². The van der Waals surface area contributed by atoms with Crippen LogP contribution in [0.3, 0.4) is 0 Å². The van der Waals surface area contributed by atoms with Gasteiger partial charge >= 0.3 is 16.9 Å². The highest BCUT2D eigenvalue weighted by Gasteiger charge is 2.26. The van der Waals surface area contributed by atoms with E-state index in [9.17, 15) is 9.59 Å². The van der Waals surface area contributed by atoms with Gasteiger partial charge in [0.1, 0.15) is 11.7 Å². The molecule has 7 nitrogen and oxygen atoms in total. The molecule has 0 radical (unpaired) electrons. The first-order valence-electron chi connectivity index (χ1n) is 6.48. The molecule has 3 rings (SSSR count). The van der Waals surface area contributed by atoms with Crippen LogP contribution in [0.15, 0.2) is 27.9 Å². The van der Waals surface area contributed by atoms with Crippen LogP contribution < -0.4 is 15.8 Å². The Kier molecular flexibility index (Phi) is 2.81. The van der Waals surface area contributed by atoms with Crippen LogP contribution in [0.2, 0.25) is 0 Å². The van der Waals surface area contributed by atoms with E-state index in [2.05, 4.69) is 15.0 Å². The van der Waals surface area contributed by atoms with Crippen molar-refractivity contribution >= 4 is 11.2 Å². The largest absolute Gasteiger partial charge is 0.350 e. The predicted molar refractivity (Wildman–Crippen MR) is 72.6 cm³/mol. The lowest BCUT2D eigenvalue weighted by atomic mass is 10.3. The van der Waals surface area contributed by atoms with Crippen molar-refractivity contribution in [3.63, 3.8) is 0 Å². The number of pyridine rings is 1. The number of aryl methyl sites for hydroxylation is 2. The molecule has 0 aliphatic carbocycles. The van der Waals surface area contributed by atoms with Crippen LogP contribution in [0.5, 0.6) is 0 Å². The minimum absolute atomic E-state index is 0.375. The summed E-state index contributed by atoms with van der Waals surface area (Å²) in [5, 5.41) is 0. The number of aromatic nitrogens is 5. The second kappa shape index (κ2) is 4.52. The lowest BCUT2D eigenvalue weighted by Crippen LogP contribution is -2.46. The van der Waals surface area contributed by atoms with Crippen molar-refractivity contribution in [3.8, 4) is 11.5 Å². The fourth-order valence-electron chi connectivity index (χ4n) is 2.52. The van der Waals surface area contributed by atoms with Gasteiger partial charge in [0.15, 0.2) is 5.82 Å². The highest BCUT2D eigenvalue weighted by atomic mass is 16.2. The van der Waals surface area contributed by atoms with Gasteiger partial charge in [-0.2, -0.15) is 4.98 Å². The van der Waals surface area contributed by atoms with Crippen LogP contribution >= 0.6 is 0 Å². The van der Waals surface area contributed by atoms with Gasteiger partial charge < -0.3 is 4.57 Å². The molecule has 1 N–H and O–H groups in total. The van der Waals surface area contributed by atoms with Crippen molar-refractivity contribution in [1.82, 2.24) is 19.5 Å². The lowest BCUT2D eigenvalue weighted by Gasteiger charge is -2.15. The van der Waals surface area contributed by atoms with Gasteiger partial charge in [-0.3, -0.25) is 9.78 Å². The second-order valence-corrected chi connectivity index (χ2v) is 4.38. The van der Waals surface area contributed by atoms with Gasteiger partial charge in [0.25, 0.3) is 0 Å². The third-order valence-electron chi connectivity index (χ3n) is 3.33. The van der Waals surface area contributed by atoms with Gasteiger partial charge in [0, 0.05) is 6.54 Å². The van der Waals surface area contributed by atoms with Crippen LogP contribution in [-0.4, -0.2) is 19.5 Å². The van der Waals surface area contributed by atoms with Crippen LogP contribution in [-0.2, 0) is 13.1 Å². The third-order valence-corrected chi connectivity index (χ3v) is 3.33. The Balaban J connectivity index is 2.68. The van der Waals surface area contributed by atoms with E-state index in [4.69, 9.17) is 0 Å². The molecule has 0 atom stereocenters. The summed E-state index contributed by atoms with van der Waals surface area (Å²) in [5.74, 6) is 0.392. The van der Waals surface area contributed by atoms with Crippen LogP contribution in [0.1, 0.15) is 13.8 Å². The molecule has 0 aromatic carbocycles. The number of rotatable bonds is 2. The molecule has 7 heteroatoms. The number of fused-ring (bicyclic) bond motifs is 2. The van der Waals surface area contributed by atoms with Crippen molar-refractivity contribution in [2.45, 2.75) is 26.9 Å². The first-order chi connectivity index (χ1) is 9.67. The van der Waals surface area contributed by atoms with E-state index in [1.807, 2.05) is 30.5 Å². The van der Waals surface area contributed by atoms with Gasteiger partial charge in [-0.15, -0.1) is 0 Å². The number of nitrogens with one attached hydrogen (secondary N) is 1. The molecular weight excluding hydrogens is 258 g/mol. The Hall–Kier alpha value is -2.57. The SMILES string of the molecule is CCn1c2nc(=O)[nH]c(=O)c-2[n+](CC)c2ncccc21.